The van der Waals surface area contributed by atoms with Gasteiger partial charge in [0.05, 0.1) is 36.2 Å². The van der Waals surface area contributed by atoms with E-state index in [1.54, 1.807) is 6.20 Å². The second-order valence-corrected chi connectivity index (χ2v) is 7.33. The lowest BCUT2D eigenvalue weighted by Crippen LogP contribution is -2.48. The maximum absolute atomic E-state index is 13.1. The molecular formula is C20H25N3O2. The molecule has 1 aliphatic heterocycles. The summed E-state index contributed by atoms with van der Waals surface area (Å²) in [7, 11) is 0. The number of amides is 1. The van der Waals surface area contributed by atoms with Crippen molar-refractivity contribution in [2.24, 2.45) is 0 Å². The Morgan fingerprint density at radius 1 is 1.16 bits per heavy atom. The van der Waals surface area contributed by atoms with Crippen LogP contribution in [-0.2, 0) is 11.3 Å². The molecule has 1 aromatic carbocycles. The van der Waals surface area contributed by atoms with Crippen molar-refractivity contribution in [2.75, 3.05) is 13.1 Å². The molecule has 0 radical (unpaired) electrons. The minimum absolute atomic E-state index is 0.0800. The SMILES string of the molecule is C[C@@H]1CN(C(=O)c2cnn(Cc3ccccc3)c2C2CC2)C[C@@H](C)O1. The van der Waals surface area contributed by atoms with Gasteiger partial charge in [0.2, 0.25) is 0 Å². The number of nitrogens with zero attached hydrogens (tertiary/aromatic N) is 3. The maximum Gasteiger partial charge on any atom is 0.257 e. The van der Waals surface area contributed by atoms with Crippen LogP contribution in [0.15, 0.2) is 36.5 Å². The quantitative estimate of drug-likeness (QED) is 0.860. The Kier molecular flexibility index (Phi) is 4.34. The van der Waals surface area contributed by atoms with Crippen LogP contribution in [0.25, 0.3) is 0 Å². The lowest BCUT2D eigenvalue weighted by Gasteiger charge is -2.35. The van der Waals surface area contributed by atoms with Crippen LogP contribution in [0.4, 0.5) is 0 Å². The summed E-state index contributed by atoms with van der Waals surface area (Å²) in [6, 6.07) is 10.3. The number of ether oxygens (including phenoxy) is 1. The van der Waals surface area contributed by atoms with Crippen molar-refractivity contribution in [2.45, 2.75) is 51.4 Å². The Morgan fingerprint density at radius 2 is 1.84 bits per heavy atom. The largest absolute Gasteiger partial charge is 0.372 e. The molecule has 2 fully saturated rings. The fraction of sp³-hybridized carbons (Fsp3) is 0.500. The van der Waals surface area contributed by atoms with Crippen LogP contribution in [0, 0.1) is 0 Å². The number of carbonyl (C=O) groups is 1. The van der Waals surface area contributed by atoms with E-state index in [0.717, 1.165) is 30.6 Å². The van der Waals surface area contributed by atoms with Crippen LogP contribution in [0.3, 0.4) is 0 Å². The molecule has 132 valence electrons. The van der Waals surface area contributed by atoms with Crippen LogP contribution < -0.4 is 0 Å². The summed E-state index contributed by atoms with van der Waals surface area (Å²) in [4.78, 5) is 15.1. The van der Waals surface area contributed by atoms with Gasteiger partial charge in [-0.05, 0) is 32.3 Å². The number of rotatable bonds is 4. The van der Waals surface area contributed by atoms with Crippen molar-refractivity contribution in [3.63, 3.8) is 0 Å². The van der Waals surface area contributed by atoms with E-state index in [4.69, 9.17) is 4.74 Å². The predicted octanol–water partition coefficient (Wildman–Crippen LogP) is 3.06. The van der Waals surface area contributed by atoms with Crippen LogP contribution in [0.1, 0.15) is 54.2 Å². The molecule has 5 heteroatoms. The number of hydrogen-bond donors (Lipinski definition) is 0. The highest BCUT2D eigenvalue weighted by Crippen LogP contribution is 2.42. The van der Waals surface area contributed by atoms with Crippen LogP contribution in [-0.4, -0.2) is 45.9 Å². The second kappa shape index (κ2) is 6.64. The van der Waals surface area contributed by atoms with Gasteiger partial charge >= 0.3 is 0 Å². The molecular weight excluding hydrogens is 314 g/mol. The van der Waals surface area contributed by atoms with Gasteiger partial charge in [-0.25, -0.2) is 0 Å². The van der Waals surface area contributed by atoms with Crippen LogP contribution in [0.5, 0.6) is 0 Å². The highest BCUT2D eigenvalue weighted by Gasteiger charge is 2.35. The first-order valence-corrected chi connectivity index (χ1v) is 9.16. The lowest BCUT2D eigenvalue weighted by molar-refractivity contribution is -0.0586. The zero-order valence-electron chi connectivity index (χ0n) is 14.9. The monoisotopic (exact) mass is 339 g/mol. The van der Waals surface area contributed by atoms with Gasteiger partial charge < -0.3 is 9.64 Å². The van der Waals surface area contributed by atoms with Crippen molar-refractivity contribution < 1.29 is 9.53 Å². The van der Waals surface area contributed by atoms with Crippen molar-refractivity contribution in [1.82, 2.24) is 14.7 Å². The molecule has 0 spiro atoms. The van der Waals surface area contributed by atoms with E-state index in [-0.39, 0.29) is 18.1 Å². The Morgan fingerprint density at radius 3 is 2.48 bits per heavy atom. The van der Waals surface area contributed by atoms with Crippen LogP contribution in [0.2, 0.25) is 0 Å². The fourth-order valence-corrected chi connectivity index (χ4v) is 3.74. The molecule has 1 saturated carbocycles. The van der Waals surface area contributed by atoms with Gasteiger partial charge in [-0.3, -0.25) is 9.48 Å². The molecule has 2 aliphatic rings. The average Bonchev–Trinajstić information content (AvgIpc) is 3.35. The summed E-state index contributed by atoms with van der Waals surface area (Å²) in [5, 5.41) is 4.56. The highest BCUT2D eigenvalue weighted by molar-refractivity contribution is 5.95. The van der Waals surface area contributed by atoms with Crippen molar-refractivity contribution >= 4 is 5.91 Å². The fourth-order valence-electron chi connectivity index (χ4n) is 3.74. The van der Waals surface area contributed by atoms with Gasteiger partial charge in [-0.2, -0.15) is 5.10 Å². The average molecular weight is 339 g/mol. The zero-order valence-corrected chi connectivity index (χ0v) is 14.9. The van der Waals surface area contributed by atoms with Crippen LogP contribution >= 0.6 is 0 Å². The maximum atomic E-state index is 13.1. The predicted molar refractivity (Wildman–Crippen MR) is 95.7 cm³/mol. The van der Waals surface area contributed by atoms with Crippen molar-refractivity contribution in [3.05, 3.63) is 53.3 Å². The third-order valence-electron chi connectivity index (χ3n) is 4.96. The van der Waals surface area contributed by atoms with Gasteiger partial charge in [-0.15, -0.1) is 0 Å². The molecule has 5 nitrogen and oxygen atoms in total. The van der Waals surface area contributed by atoms with Crippen molar-refractivity contribution in [1.29, 1.82) is 0 Å². The minimum atomic E-state index is 0.0800. The summed E-state index contributed by atoms with van der Waals surface area (Å²) < 4.78 is 7.78. The Bertz CT molecular complexity index is 742. The number of morpholine rings is 1. The number of carbonyl (C=O) groups excluding carboxylic acids is 1. The first-order chi connectivity index (χ1) is 12.1. The summed E-state index contributed by atoms with van der Waals surface area (Å²) in [5.41, 5.74) is 3.10. The first kappa shape index (κ1) is 16.3. The van der Waals surface area contributed by atoms with E-state index in [1.807, 2.05) is 41.6 Å². The summed E-state index contributed by atoms with van der Waals surface area (Å²) in [6.45, 7) is 6.07. The van der Waals surface area contributed by atoms with Gasteiger partial charge in [0.25, 0.3) is 5.91 Å². The number of benzene rings is 1. The van der Waals surface area contributed by atoms with E-state index in [0.29, 0.717) is 19.0 Å². The smallest absolute Gasteiger partial charge is 0.257 e. The number of hydrogen-bond acceptors (Lipinski definition) is 3. The van der Waals surface area contributed by atoms with E-state index >= 15 is 0 Å². The Hall–Kier alpha value is -2.14. The molecule has 0 N–H and O–H groups in total. The van der Waals surface area contributed by atoms with Crippen molar-refractivity contribution in [3.8, 4) is 0 Å². The molecule has 25 heavy (non-hydrogen) atoms. The lowest BCUT2D eigenvalue weighted by atomic mass is 10.1. The molecule has 0 bridgehead atoms. The third-order valence-corrected chi connectivity index (χ3v) is 4.96. The van der Waals surface area contributed by atoms with E-state index in [2.05, 4.69) is 17.2 Å². The van der Waals surface area contributed by atoms with Gasteiger partial charge in [-0.1, -0.05) is 30.3 Å². The summed E-state index contributed by atoms with van der Waals surface area (Å²) in [6.07, 6.45) is 4.23. The van der Waals surface area contributed by atoms with E-state index < -0.39 is 0 Å². The summed E-state index contributed by atoms with van der Waals surface area (Å²) in [5.74, 6) is 0.573. The van der Waals surface area contributed by atoms with Gasteiger partial charge in [0.1, 0.15) is 0 Å². The second-order valence-electron chi connectivity index (χ2n) is 7.33. The first-order valence-electron chi connectivity index (χ1n) is 9.16. The molecule has 1 aliphatic carbocycles. The zero-order chi connectivity index (χ0) is 17.4. The molecule has 1 amide bonds. The van der Waals surface area contributed by atoms with E-state index in [9.17, 15) is 4.79 Å². The standard InChI is InChI=1S/C20H25N3O2/c1-14-11-22(12-15(2)25-14)20(24)18-10-21-23(19(18)17-8-9-17)13-16-6-4-3-5-7-16/h3-7,10,14-15,17H,8-9,11-13H2,1-2H3/t14-,15-/m1/s1. The van der Waals surface area contributed by atoms with E-state index in [1.165, 1.54) is 5.56 Å². The topological polar surface area (TPSA) is 47.4 Å². The molecule has 2 aromatic rings. The van der Waals surface area contributed by atoms with Gasteiger partial charge in [0.15, 0.2) is 0 Å². The molecule has 2 heterocycles. The Balaban J connectivity index is 1.60. The molecule has 0 unspecified atom stereocenters. The third kappa shape index (κ3) is 3.47. The molecule has 1 saturated heterocycles. The number of aromatic nitrogens is 2. The van der Waals surface area contributed by atoms with Gasteiger partial charge in [0, 0.05) is 19.0 Å². The minimum Gasteiger partial charge on any atom is -0.372 e. The normalized spacial score (nSPS) is 23.7. The molecule has 4 rings (SSSR count). The Labute approximate surface area is 148 Å². The highest BCUT2D eigenvalue weighted by atomic mass is 16.5. The molecule has 1 aromatic heterocycles. The molecule has 2 atom stereocenters. The summed E-state index contributed by atoms with van der Waals surface area (Å²) >= 11 is 0.